The molecule has 6 heteroatoms. The molecule has 0 bridgehead atoms. The van der Waals surface area contributed by atoms with Crippen LogP contribution in [0.3, 0.4) is 0 Å². The van der Waals surface area contributed by atoms with Crippen LogP contribution in [-0.2, 0) is 4.79 Å². The van der Waals surface area contributed by atoms with Gasteiger partial charge in [0.05, 0.1) is 10.6 Å². The lowest BCUT2D eigenvalue weighted by atomic mass is 9.84. The average molecular weight is 395 g/mol. The first-order chi connectivity index (χ1) is 13.0. The first kappa shape index (κ1) is 20.4. The van der Waals surface area contributed by atoms with Crippen molar-refractivity contribution in [1.29, 1.82) is 0 Å². The number of benzene rings is 1. The van der Waals surface area contributed by atoms with Crippen LogP contribution in [0.2, 0.25) is 5.02 Å². The molecule has 1 aliphatic carbocycles. The summed E-state index contributed by atoms with van der Waals surface area (Å²) in [4.78, 5) is 14.8. The molecule has 3 rings (SSSR count). The number of hydrogen-bond acceptors (Lipinski definition) is 4. The van der Waals surface area contributed by atoms with Gasteiger partial charge in [0.2, 0.25) is 0 Å². The number of rotatable bonds is 6. The van der Waals surface area contributed by atoms with Crippen molar-refractivity contribution >= 4 is 17.5 Å². The Morgan fingerprint density at radius 2 is 1.96 bits per heavy atom. The molecule has 2 fully saturated rings. The van der Waals surface area contributed by atoms with Crippen LogP contribution in [0.5, 0.6) is 5.75 Å². The van der Waals surface area contributed by atoms with Gasteiger partial charge in [-0.3, -0.25) is 4.79 Å². The van der Waals surface area contributed by atoms with Crippen molar-refractivity contribution in [3.8, 4) is 5.75 Å². The van der Waals surface area contributed by atoms with E-state index in [-0.39, 0.29) is 11.9 Å². The quantitative estimate of drug-likeness (QED) is 0.776. The Labute approximate surface area is 167 Å². The predicted octanol–water partition coefficient (Wildman–Crippen LogP) is 3.38. The zero-order chi connectivity index (χ0) is 19.3. The van der Waals surface area contributed by atoms with Gasteiger partial charge in [0, 0.05) is 25.7 Å². The summed E-state index contributed by atoms with van der Waals surface area (Å²) in [5, 5.41) is 14.3. The van der Waals surface area contributed by atoms with Crippen LogP contribution in [0.25, 0.3) is 0 Å². The molecule has 0 radical (unpaired) electrons. The van der Waals surface area contributed by atoms with Crippen LogP contribution >= 0.6 is 11.6 Å². The number of hydrogen-bond donors (Lipinski definition) is 2. The molecule has 1 atom stereocenters. The Kier molecular flexibility index (Phi) is 7.01. The smallest absolute Gasteiger partial charge is 0.260 e. The van der Waals surface area contributed by atoms with E-state index in [1.165, 1.54) is 6.42 Å². The second-order valence-corrected chi connectivity index (χ2v) is 8.44. The van der Waals surface area contributed by atoms with Gasteiger partial charge in [-0.15, -0.1) is 0 Å². The van der Waals surface area contributed by atoms with Gasteiger partial charge < -0.3 is 20.1 Å². The SMILES string of the molecule is C[C@H](Oc1ccccc1Cl)C(=O)NC1CCN(CC2(O)CCCCC2)CC1. The number of ether oxygens (including phenoxy) is 1. The maximum absolute atomic E-state index is 12.4. The number of β-amino-alcohol motifs (C(OH)–C–C–N with tert-alkyl or cyclic N) is 1. The number of nitrogens with one attached hydrogen (secondary N) is 1. The van der Waals surface area contributed by atoms with Gasteiger partial charge in [0.25, 0.3) is 5.91 Å². The fourth-order valence-corrected chi connectivity index (χ4v) is 4.30. The number of carbonyl (C=O) groups is 1. The molecule has 1 saturated carbocycles. The van der Waals surface area contributed by atoms with Gasteiger partial charge in [-0.1, -0.05) is 43.0 Å². The van der Waals surface area contributed by atoms with E-state index >= 15 is 0 Å². The van der Waals surface area contributed by atoms with E-state index < -0.39 is 11.7 Å². The highest BCUT2D eigenvalue weighted by atomic mass is 35.5. The van der Waals surface area contributed by atoms with E-state index in [0.29, 0.717) is 10.8 Å². The standard InChI is InChI=1S/C21H31ClN2O3/c1-16(27-19-8-4-3-7-18(19)22)20(25)23-17-9-13-24(14-10-17)15-21(26)11-5-2-6-12-21/h3-4,7-8,16-17,26H,2,5-6,9-15H2,1H3,(H,23,25)/t16-/m0/s1. The third-order valence-corrected chi connectivity index (χ3v) is 6.06. The van der Waals surface area contributed by atoms with E-state index in [2.05, 4.69) is 10.2 Å². The average Bonchev–Trinajstić information content (AvgIpc) is 2.65. The van der Waals surface area contributed by atoms with Gasteiger partial charge in [-0.25, -0.2) is 0 Å². The molecular formula is C21H31ClN2O3. The Bertz CT molecular complexity index is 626. The Hall–Kier alpha value is -1.30. The number of amides is 1. The maximum atomic E-state index is 12.4. The molecule has 1 amide bonds. The molecule has 5 nitrogen and oxygen atoms in total. The Morgan fingerprint density at radius 3 is 2.63 bits per heavy atom. The van der Waals surface area contributed by atoms with E-state index in [9.17, 15) is 9.90 Å². The second kappa shape index (κ2) is 9.26. The van der Waals surface area contributed by atoms with Crippen LogP contribution < -0.4 is 10.1 Å². The number of carbonyl (C=O) groups excluding carboxylic acids is 1. The summed E-state index contributed by atoms with van der Waals surface area (Å²) in [6.45, 7) is 4.33. The summed E-state index contributed by atoms with van der Waals surface area (Å²) < 4.78 is 5.70. The van der Waals surface area contributed by atoms with E-state index in [4.69, 9.17) is 16.3 Å². The van der Waals surface area contributed by atoms with E-state index in [1.54, 1.807) is 19.1 Å². The topological polar surface area (TPSA) is 61.8 Å². The minimum Gasteiger partial charge on any atom is -0.479 e. The fourth-order valence-electron chi connectivity index (χ4n) is 4.12. The molecule has 1 aromatic carbocycles. The molecule has 1 aromatic rings. The highest BCUT2D eigenvalue weighted by Crippen LogP contribution is 2.29. The first-order valence-electron chi connectivity index (χ1n) is 10.1. The molecule has 1 heterocycles. The normalized spacial score (nSPS) is 22.2. The summed E-state index contributed by atoms with van der Waals surface area (Å²) in [6.07, 6.45) is 6.55. The molecule has 0 spiro atoms. The zero-order valence-corrected chi connectivity index (χ0v) is 16.9. The van der Waals surface area contributed by atoms with Gasteiger partial charge in [-0.05, 0) is 44.7 Å². The van der Waals surface area contributed by atoms with Crippen molar-refractivity contribution in [2.24, 2.45) is 0 Å². The number of likely N-dealkylation sites (tertiary alicyclic amines) is 1. The molecule has 2 aliphatic rings. The van der Waals surface area contributed by atoms with Crippen LogP contribution in [0.4, 0.5) is 0 Å². The van der Waals surface area contributed by atoms with Gasteiger partial charge in [0.15, 0.2) is 6.10 Å². The highest BCUT2D eigenvalue weighted by Gasteiger charge is 2.33. The second-order valence-electron chi connectivity index (χ2n) is 8.03. The number of aliphatic hydroxyl groups is 1. The van der Waals surface area contributed by atoms with Crippen molar-refractivity contribution in [2.45, 2.75) is 69.6 Å². The number of para-hydroxylation sites is 1. The number of piperidine rings is 1. The molecule has 2 N–H and O–H groups in total. The lowest BCUT2D eigenvalue weighted by Gasteiger charge is -2.40. The molecule has 0 unspecified atom stereocenters. The molecule has 0 aromatic heterocycles. The van der Waals surface area contributed by atoms with Crippen molar-refractivity contribution in [1.82, 2.24) is 10.2 Å². The zero-order valence-electron chi connectivity index (χ0n) is 16.1. The molecule has 1 aliphatic heterocycles. The minimum absolute atomic E-state index is 0.112. The largest absolute Gasteiger partial charge is 0.479 e. The lowest BCUT2D eigenvalue weighted by molar-refractivity contribution is -0.128. The summed E-state index contributed by atoms with van der Waals surface area (Å²) in [5.74, 6) is 0.414. The molecule has 150 valence electrons. The number of nitrogens with zero attached hydrogens (tertiary/aromatic N) is 1. The monoisotopic (exact) mass is 394 g/mol. The third-order valence-electron chi connectivity index (χ3n) is 5.75. The first-order valence-corrected chi connectivity index (χ1v) is 10.5. The van der Waals surface area contributed by atoms with E-state index in [0.717, 1.165) is 58.2 Å². The van der Waals surface area contributed by atoms with Gasteiger partial charge in [0.1, 0.15) is 5.75 Å². The Morgan fingerprint density at radius 1 is 1.30 bits per heavy atom. The van der Waals surface area contributed by atoms with E-state index in [1.807, 2.05) is 12.1 Å². The minimum atomic E-state index is -0.592. The maximum Gasteiger partial charge on any atom is 0.260 e. The van der Waals surface area contributed by atoms with Crippen molar-refractivity contribution < 1.29 is 14.6 Å². The van der Waals surface area contributed by atoms with Crippen molar-refractivity contribution in [3.05, 3.63) is 29.3 Å². The van der Waals surface area contributed by atoms with Gasteiger partial charge >= 0.3 is 0 Å². The summed E-state index contributed by atoms with van der Waals surface area (Å²) >= 11 is 6.09. The summed E-state index contributed by atoms with van der Waals surface area (Å²) in [7, 11) is 0. The molecule has 1 saturated heterocycles. The Balaban J connectivity index is 1.42. The van der Waals surface area contributed by atoms with Crippen molar-refractivity contribution in [2.75, 3.05) is 19.6 Å². The third kappa shape index (κ3) is 5.84. The predicted molar refractivity (Wildman–Crippen MR) is 107 cm³/mol. The van der Waals surface area contributed by atoms with Crippen LogP contribution in [-0.4, -0.2) is 53.3 Å². The molecule has 27 heavy (non-hydrogen) atoms. The van der Waals surface area contributed by atoms with Crippen LogP contribution in [0.1, 0.15) is 51.9 Å². The lowest BCUT2D eigenvalue weighted by Crippen LogP contribution is -2.51. The molecular weight excluding hydrogens is 364 g/mol. The highest BCUT2D eigenvalue weighted by molar-refractivity contribution is 6.32. The summed E-state index contributed by atoms with van der Waals surface area (Å²) in [6, 6.07) is 7.34. The fraction of sp³-hybridized carbons (Fsp3) is 0.667. The summed E-state index contributed by atoms with van der Waals surface area (Å²) in [5.41, 5.74) is -0.508. The van der Waals surface area contributed by atoms with Gasteiger partial charge in [-0.2, -0.15) is 0 Å². The van der Waals surface area contributed by atoms with Crippen LogP contribution in [0.15, 0.2) is 24.3 Å². The van der Waals surface area contributed by atoms with Crippen LogP contribution in [0, 0.1) is 0 Å². The number of halogens is 1. The van der Waals surface area contributed by atoms with Crippen molar-refractivity contribution in [3.63, 3.8) is 0 Å².